The summed E-state index contributed by atoms with van der Waals surface area (Å²) in [5.41, 5.74) is 4.52. The molecule has 1 aliphatic rings. The lowest BCUT2D eigenvalue weighted by Gasteiger charge is -2.17. The molecule has 1 heterocycles. The third-order valence-corrected chi connectivity index (χ3v) is 5.24. The Morgan fingerprint density at radius 3 is 2.60 bits per heavy atom. The number of benzene rings is 1. The van der Waals surface area contributed by atoms with E-state index in [-0.39, 0.29) is 17.4 Å². The summed E-state index contributed by atoms with van der Waals surface area (Å²) in [6.45, 7) is 0.921. The molecule has 0 radical (unpaired) electrons. The Morgan fingerprint density at radius 2 is 2.05 bits per heavy atom. The molecule has 0 spiro atoms. The lowest BCUT2D eigenvalue weighted by Crippen LogP contribution is -2.30. The van der Waals surface area contributed by atoms with Crippen molar-refractivity contribution in [3.63, 3.8) is 0 Å². The van der Waals surface area contributed by atoms with Crippen molar-refractivity contribution in [2.24, 2.45) is 11.7 Å². The fraction of sp³-hybridized carbons (Fsp3) is 0.500. The molecule has 0 saturated carbocycles. The number of hydrogen-bond donors (Lipinski definition) is 1. The van der Waals surface area contributed by atoms with E-state index in [4.69, 9.17) is 5.73 Å². The Hall–Kier alpha value is -1.12. The summed E-state index contributed by atoms with van der Waals surface area (Å²) < 4.78 is 63.7. The van der Waals surface area contributed by atoms with Gasteiger partial charge in [0.15, 0.2) is 0 Å². The molecule has 1 aromatic carbocycles. The maximum atomic E-state index is 12.6. The third kappa shape index (κ3) is 2.97. The summed E-state index contributed by atoms with van der Waals surface area (Å²) in [6.07, 6.45) is -3.93. The molecule has 1 atom stereocenters. The molecule has 0 bridgehead atoms. The second kappa shape index (κ2) is 5.34. The van der Waals surface area contributed by atoms with E-state index in [0.717, 1.165) is 12.1 Å². The summed E-state index contributed by atoms with van der Waals surface area (Å²) in [5, 5.41) is 0. The molecule has 2 N–H and O–H groups in total. The molecule has 1 aliphatic heterocycles. The van der Waals surface area contributed by atoms with Gasteiger partial charge in [0.1, 0.15) is 0 Å². The summed E-state index contributed by atoms with van der Waals surface area (Å²) >= 11 is 0. The van der Waals surface area contributed by atoms with Crippen molar-refractivity contribution >= 4 is 10.0 Å². The number of halogens is 3. The Balaban J connectivity index is 2.31. The van der Waals surface area contributed by atoms with E-state index in [1.807, 2.05) is 0 Å². The van der Waals surface area contributed by atoms with Crippen LogP contribution in [0.1, 0.15) is 12.0 Å². The van der Waals surface area contributed by atoms with E-state index < -0.39 is 21.8 Å². The maximum Gasteiger partial charge on any atom is 0.416 e. The van der Waals surface area contributed by atoms with Gasteiger partial charge < -0.3 is 5.73 Å². The zero-order chi connectivity index (χ0) is 15.0. The molecule has 20 heavy (non-hydrogen) atoms. The molecule has 8 heteroatoms. The van der Waals surface area contributed by atoms with Crippen LogP contribution < -0.4 is 5.73 Å². The van der Waals surface area contributed by atoms with Gasteiger partial charge in [0, 0.05) is 13.1 Å². The van der Waals surface area contributed by atoms with Crippen molar-refractivity contribution in [2.75, 3.05) is 19.6 Å². The van der Waals surface area contributed by atoms with Gasteiger partial charge >= 0.3 is 6.18 Å². The number of hydrogen-bond acceptors (Lipinski definition) is 3. The lowest BCUT2D eigenvalue weighted by molar-refractivity contribution is -0.137. The number of sulfonamides is 1. The fourth-order valence-electron chi connectivity index (χ4n) is 2.19. The van der Waals surface area contributed by atoms with E-state index in [0.29, 0.717) is 25.6 Å². The minimum Gasteiger partial charge on any atom is -0.330 e. The Labute approximate surface area is 115 Å². The predicted molar refractivity (Wildman–Crippen MR) is 67.4 cm³/mol. The predicted octanol–water partition coefficient (Wildman–Crippen LogP) is 1.67. The number of nitrogens with two attached hydrogens (primary N) is 1. The first-order valence-electron chi connectivity index (χ1n) is 6.12. The van der Waals surface area contributed by atoms with Crippen LogP contribution in [0.25, 0.3) is 0 Å². The van der Waals surface area contributed by atoms with Crippen molar-refractivity contribution in [2.45, 2.75) is 17.5 Å². The third-order valence-electron chi connectivity index (χ3n) is 3.38. The summed E-state index contributed by atoms with van der Waals surface area (Å²) in [6, 6.07) is 3.81. The average molecular weight is 308 g/mol. The zero-order valence-corrected chi connectivity index (χ0v) is 11.4. The van der Waals surface area contributed by atoms with E-state index in [1.54, 1.807) is 0 Å². The molecule has 1 saturated heterocycles. The average Bonchev–Trinajstić information content (AvgIpc) is 2.87. The van der Waals surface area contributed by atoms with Gasteiger partial charge in [0.2, 0.25) is 10.0 Å². The standard InChI is InChI=1S/C12H15F3N2O2S/c13-12(14,15)10-2-1-3-11(6-10)20(18,19)17-5-4-9(7-16)8-17/h1-3,6,9H,4-5,7-8,16H2/t9-/m1/s1. The van der Waals surface area contributed by atoms with Crippen molar-refractivity contribution in [3.05, 3.63) is 29.8 Å². The van der Waals surface area contributed by atoms with Gasteiger partial charge in [-0.25, -0.2) is 8.42 Å². The molecule has 112 valence electrons. The highest BCUT2D eigenvalue weighted by atomic mass is 32.2. The Morgan fingerprint density at radius 1 is 1.35 bits per heavy atom. The van der Waals surface area contributed by atoms with Crippen molar-refractivity contribution in [3.8, 4) is 0 Å². The molecule has 4 nitrogen and oxygen atoms in total. The van der Waals surface area contributed by atoms with Gasteiger partial charge in [-0.2, -0.15) is 17.5 Å². The molecular formula is C12H15F3N2O2S. The monoisotopic (exact) mass is 308 g/mol. The van der Waals surface area contributed by atoms with Crippen LogP contribution in [0, 0.1) is 5.92 Å². The highest BCUT2D eigenvalue weighted by molar-refractivity contribution is 7.89. The van der Waals surface area contributed by atoms with Crippen LogP contribution in [0.4, 0.5) is 13.2 Å². The molecular weight excluding hydrogens is 293 g/mol. The van der Waals surface area contributed by atoms with Crippen LogP contribution in [0.15, 0.2) is 29.2 Å². The summed E-state index contributed by atoms with van der Waals surface area (Å²) in [7, 11) is -3.89. The van der Waals surface area contributed by atoms with Gasteiger partial charge in [0.25, 0.3) is 0 Å². The first-order chi connectivity index (χ1) is 9.25. The Bertz CT molecular complexity index is 587. The molecule has 0 unspecified atom stereocenters. The largest absolute Gasteiger partial charge is 0.416 e. The van der Waals surface area contributed by atoms with E-state index in [1.165, 1.54) is 10.4 Å². The van der Waals surface area contributed by atoms with E-state index >= 15 is 0 Å². The zero-order valence-electron chi connectivity index (χ0n) is 10.6. The molecule has 1 aromatic rings. The minimum atomic E-state index is -4.56. The molecule has 0 aromatic heterocycles. The first kappa shape index (κ1) is 15.3. The second-order valence-corrected chi connectivity index (χ2v) is 6.72. The lowest BCUT2D eigenvalue weighted by atomic mass is 10.1. The van der Waals surface area contributed by atoms with E-state index in [2.05, 4.69) is 0 Å². The molecule has 0 amide bonds. The van der Waals surface area contributed by atoms with E-state index in [9.17, 15) is 21.6 Å². The number of alkyl halides is 3. The van der Waals surface area contributed by atoms with Crippen LogP contribution in [0.5, 0.6) is 0 Å². The maximum absolute atomic E-state index is 12.6. The summed E-state index contributed by atoms with van der Waals surface area (Å²) in [4.78, 5) is -0.329. The van der Waals surface area contributed by atoms with Gasteiger partial charge in [-0.1, -0.05) is 6.07 Å². The van der Waals surface area contributed by atoms with Gasteiger partial charge in [-0.15, -0.1) is 0 Å². The first-order valence-corrected chi connectivity index (χ1v) is 7.56. The van der Waals surface area contributed by atoms with Gasteiger partial charge in [0.05, 0.1) is 10.5 Å². The van der Waals surface area contributed by atoms with Gasteiger partial charge in [-0.3, -0.25) is 0 Å². The van der Waals surface area contributed by atoms with Crippen LogP contribution in [0.3, 0.4) is 0 Å². The summed E-state index contributed by atoms with van der Waals surface area (Å²) in [5.74, 6) is 0.0653. The number of nitrogens with zero attached hydrogens (tertiary/aromatic N) is 1. The smallest absolute Gasteiger partial charge is 0.330 e. The molecule has 0 aliphatic carbocycles. The quantitative estimate of drug-likeness (QED) is 0.924. The highest BCUT2D eigenvalue weighted by Crippen LogP contribution is 2.32. The van der Waals surface area contributed by atoms with Gasteiger partial charge in [-0.05, 0) is 37.1 Å². The number of rotatable bonds is 3. The van der Waals surface area contributed by atoms with Crippen LogP contribution >= 0.6 is 0 Å². The topological polar surface area (TPSA) is 63.4 Å². The van der Waals surface area contributed by atoms with Crippen LogP contribution in [0.2, 0.25) is 0 Å². The molecule has 1 fully saturated rings. The minimum absolute atomic E-state index is 0.0653. The molecule has 2 rings (SSSR count). The van der Waals surface area contributed by atoms with Crippen LogP contribution in [-0.4, -0.2) is 32.4 Å². The highest BCUT2D eigenvalue weighted by Gasteiger charge is 2.35. The SMILES string of the molecule is NC[C@H]1CCN(S(=O)(=O)c2cccc(C(F)(F)F)c2)C1. The fourth-order valence-corrected chi connectivity index (χ4v) is 3.77. The van der Waals surface area contributed by atoms with Crippen LogP contribution in [-0.2, 0) is 16.2 Å². The Kier molecular flexibility index (Phi) is 4.08. The second-order valence-electron chi connectivity index (χ2n) is 4.78. The normalized spacial score (nSPS) is 21.3. The van der Waals surface area contributed by atoms with Crippen molar-refractivity contribution in [1.82, 2.24) is 4.31 Å². The van der Waals surface area contributed by atoms with Crippen molar-refractivity contribution < 1.29 is 21.6 Å². The van der Waals surface area contributed by atoms with Crippen molar-refractivity contribution in [1.29, 1.82) is 0 Å².